The Labute approximate surface area is 155 Å². The highest BCUT2D eigenvalue weighted by Crippen LogP contribution is 2.32. The van der Waals surface area contributed by atoms with Crippen molar-refractivity contribution in [1.82, 2.24) is 15.5 Å². The fraction of sp³-hybridized carbons (Fsp3) is 0.278. The molecule has 1 aliphatic rings. The molecule has 1 saturated heterocycles. The molecule has 0 saturated carbocycles. The van der Waals surface area contributed by atoms with Crippen LogP contribution in [0.1, 0.15) is 24.7 Å². The highest BCUT2D eigenvalue weighted by molar-refractivity contribution is 6.30. The van der Waals surface area contributed by atoms with Gasteiger partial charge in [0.1, 0.15) is 17.8 Å². The summed E-state index contributed by atoms with van der Waals surface area (Å²) in [6, 6.07) is 9.55. The average Bonchev–Trinajstić information content (AvgIpc) is 3.23. The first-order chi connectivity index (χ1) is 12.5. The Balaban J connectivity index is 1.73. The lowest BCUT2D eigenvalue weighted by Gasteiger charge is -2.25. The third kappa shape index (κ3) is 3.30. The number of furan rings is 1. The summed E-state index contributed by atoms with van der Waals surface area (Å²) in [7, 11) is 0. The van der Waals surface area contributed by atoms with Gasteiger partial charge in [-0.1, -0.05) is 30.7 Å². The van der Waals surface area contributed by atoms with Gasteiger partial charge >= 0.3 is 6.03 Å². The van der Waals surface area contributed by atoms with Crippen LogP contribution in [0.15, 0.2) is 47.1 Å². The van der Waals surface area contributed by atoms with Gasteiger partial charge in [-0.3, -0.25) is 14.5 Å². The number of benzene rings is 1. The summed E-state index contributed by atoms with van der Waals surface area (Å²) in [5.41, 5.74) is -0.565. The molecular weight excluding hydrogens is 358 g/mol. The first-order valence-electron chi connectivity index (χ1n) is 8.15. The highest BCUT2D eigenvalue weighted by atomic mass is 35.5. The predicted molar refractivity (Wildman–Crippen MR) is 94.2 cm³/mol. The number of carbonyl (C=O) groups excluding carboxylic acids is 3. The zero-order valence-electron chi connectivity index (χ0n) is 14.1. The monoisotopic (exact) mass is 375 g/mol. The van der Waals surface area contributed by atoms with E-state index in [4.69, 9.17) is 16.0 Å². The number of carbonyl (C=O) groups is 3. The summed E-state index contributed by atoms with van der Waals surface area (Å²) in [5, 5.41) is 5.88. The van der Waals surface area contributed by atoms with Crippen LogP contribution in [0, 0.1) is 0 Å². The molecule has 1 atom stereocenters. The molecule has 0 aliphatic carbocycles. The zero-order chi connectivity index (χ0) is 18.7. The van der Waals surface area contributed by atoms with Crippen molar-refractivity contribution >= 4 is 29.4 Å². The van der Waals surface area contributed by atoms with Crippen molar-refractivity contribution in [3.05, 3.63) is 59.0 Å². The molecular formula is C18H18ClN3O4. The Morgan fingerprint density at radius 1 is 1.27 bits per heavy atom. The molecule has 136 valence electrons. The Morgan fingerprint density at radius 3 is 2.62 bits per heavy atom. The second kappa shape index (κ2) is 7.21. The molecule has 1 aromatic heterocycles. The van der Waals surface area contributed by atoms with Crippen molar-refractivity contribution < 1.29 is 18.8 Å². The molecule has 2 heterocycles. The second-order valence-corrected chi connectivity index (χ2v) is 6.38. The minimum absolute atomic E-state index is 0.186. The Bertz CT molecular complexity index is 819. The van der Waals surface area contributed by atoms with Gasteiger partial charge < -0.3 is 15.1 Å². The van der Waals surface area contributed by atoms with Gasteiger partial charge in [0.15, 0.2) is 0 Å². The number of hydrogen-bond donors (Lipinski definition) is 2. The largest absolute Gasteiger partial charge is 0.467 e. The van der Waals surface area contributed by atoms with Crippen LogP contribution in [0.5, 0.6) is 0 Å². The van der Waals surface area contributed by atoms with E-state index in [1.54, 1.807) is 43.3 Å². The van der Waals surface area contributed by atoms with Gasteiger partial charge in [0.05, 0.1) is 12.8 Å². The number of urea groups is 1. The molecule has 8 heteroatoms. The summed E-state index contributed by atoms with van der Waals surface area (Å²) < 4.78 is 5.13. The van der Waals surface area contributed by atoms with E-state index in [0.29, 0.717) is 22.8 Å². The van der Waals surface area contributed by atoms with Gasteiger partial charge in [0, 0.05) is 5.02 Å². The van der Waals surface area contributed by atoms with Crippen LogP contribution in [-0.2, 0) is 21.7 Å². The summed E-state index contributed by atoms with van der Waals surface area (Å²) in [6.45, 7) is 1.62. The predicted octanol–water partition coefficient (Wildman–Crippen LogP) is 2.41. The molecule has 1 unspecified atom stereocenters. The van der Waals surface area contributed by atoms with Gasteiger partial charge in [-0.2, -0.15) is 0 Å². The maximum Gasteiger partial charge on any atom is 0.325 e. The summed E-state index contributed by atoms with van der Waals surface area (Å²) in [4.78, 5) is 38.3. The number of nitrogens with zero attached hydrogens (tertiary/aromatic N) is 1. The molecule has 3 rings (SSSR count). The van der Waals surface area contributed by atoms with Crippen LogP contribution in [0.3, 0.4) is 0 Å². The summed E-state index contributed by atoms with van der Waals surface area (Å²) >= 11 is 5.90. The lowest BCUT2D eigenvalue weighted by Crippen LogP contribution is -2.44. The van der Waals surface area contributed by atoms with Crippen molar-refractivity contribution in [1.29, 1.82) is 0 Å². The smallest absolute Gasteiger partial charge is 0.325 e. The maximum absolute atomic E-state index is 12.9. The lowest BCUT2D eigenvalue weighted by molar-refractivity contribution is -0.135. The third-order valence-corrected chi connectivity index (χ3v) is 4.64. The van der Waals surface area contributed by atoms with Crippen LogP contribution < -0.4 is 10.6 Å². The van der Waals surface area contributed by atoms with Crippen molar-refractivity contribution in [2.24, 2.45) is 0 Å². The molecule has 26 heavy (non-hydrogen) atoms. The average molecular weight is 376 g/mol. The van der Waals surface area contributed by atoms with Gasteiger partial charge in [-0.05, 0) is 36.2 Å². The van der Waals surface area contributed by atoms with Crippen LogP contribution >= 0.6 is 11.6 Å². The van der Waals surface area contributed by atoms with E-state index in [1.807, 2.05) is 0 Å². The molecule has 2 aromatic rings. The second-order valence-electron chi connectivity index (χ2n) is 5.94. The normalized spacial score (nSPS) is 19.5. The summed E-state index contributed by atoms with van der Waals surface area (Å²) in [6.07, 6.45) is 1.85. The van der Waals surface area contributed by atoms with Gasteiger partial charge in [0.25, 0.3) is 5.91 Å². The lowest BCUT2D eigenvalue weighted by atomic mass is 9.87. The summed E-state index contributed by atoms with van der Waals surface area (Å²) in [5.74, 6) is -0.326. The van der Waals surface area contributed by atoms with E-state index in [0.717, 1.165) is 4.90 Å². The van der Waals surface area contributed by atoms with Gasteiger partial charge in [-0.25, -0.2) is 4.79 Å². The van der Waals surface area contributed by atoms with Gasteiger partial charge in [0.2, 0.25) is 5.91 Å². The molecule has 0 bridgehead atoms. The number of rotatable bonds is 6. The first kappa shape index (κ1) is 18.0. The van der Waals surface area contributed by atoms with Crippen molar-refractivity contribution in [3.63, 3.8) is 0 Å². The first-order valence-corrected chi connectivity index (χ1v) is 8.53. The van der Waals surface area contributed by atoms with Crippen molar-refractivity contribution in [2.45, 2.75) is 25.4 Å². The van der Waals surface area contributed by atoms with Crippen LogP contribution in [0.4, 0.5) is 4.79 Å². The molecule has 0 spiro atoms. The van der Waals surface area contributed by atoms with E-state index in [-0.39, 0.29) is 13.1 Å². The molecule has 1 aliphatic heterocycles. The van der Waals surface area contributed by atoms with Crippen LogP contribution in [0.25, 0.3) is 0 Å². The quantitative estimate of drug-likeness (QED) is 0.758. The number of halogens is 1. The van der Waals surface area contributed by atoms with Gasteiger partial charge in [-0.15, -0.1) is 0 Å². The van der Waals surface area contributed by atoms with E-state index in [1.165, 1.54) is 6.26 Å². The van der Waals surface area contributed by atoms with Crippen LogP contribution in [-0.4, -0.2) is 29.3 Å². The van der Waals surface area contributed by atoms with E-state index >= 15 is 0 Å². The molecule has 2 N–H and O–H groups in total. The Morgan fingerprint density at radius 2 is 2.00 bits per heavy atom. The standard InChI is InChI=1S/C18H18ClN3O4/c1-2-18(12-5-7-13(19)8-6-12)16(24)22(17(25)21-18)11-15(23)20-10-14-4-3-9-26-14/h3-9H,2,10-11H2,1H3,(H,20,23)(H,21,25). The third-order valence-electron chi connectivity index (χ3n) is 4.38. The Hall–Kier alpha value is -2.80. The zero-order valence-corrected chi connectivity index (χ0v) is 14.9. The highest BCUT2D eigenvalue weighted by Gasteiger charge is 2.51. The van der Waals surface area contributed by atoms with E-state index < -0.39 is 23.4 Å². The molecule has 7 nitrogen and oxygen atoms in total. The van der Waals surface area contributed by atoms with Crippen molar-refractivity contribution in [3.8, 4) is 0 Å². The Kier molecular flexibility index (Phi) is 4.99. The van der Waals surface area contributed by atoms with Crippen LogP contribution in [0.2, 0.25) is 5.02 Å². The molecule has 1 fully saturated rings. The van der Waals surface area contributed by atoms with E-state index in [2.05, 4.69) is 10.6 Å². The number of amides is 4. The minimum atomic E-state index is -1.19. The molecule has 0 radical (unpaired) electrons. The molecule has 4 amide bonds. The fourth-order valence-electron chi connectivity index (χ4n) is 2.94. The maximum atomic E-state index is 12.9. The fourth-order valence-corrected chi connectivity index (χ4v) is 3.07. The number of nitrogens with one attached hydrogen (secondary N) is 2. The minimum Gasteiger partial charge on any atom is -0.467 e. The van der Waals surface area contributed by atoms with Crippen molar-refractivity contribution in [2.75, 3.05) is 6.54 Å². The molecule has 1 aromatic carbocycles. The topological polar surface area (TPSA) is 91.7 Å². The number of hydrogen-bond acceptors (Lipinski definition) is 4. The van der Waals surface area contributed by atoms with E-state index in [9.17, 15) is 14.4 Å². The SMILES string of the molecule is CCC1(c2ccc(Cl)cc2)NC(=O)N(CC(=O)NCc2ccco2)C1=O. The number of imide groups is 1.